The zero-order valence-electron chi connectivity index (χ0n) is 11.7. The number of imide groups is 1. The number of nitrogens with zero attached hydrogens (tertiary/aromatic N) is 2. The second-order valence-electron chi connectivity index (χ2n) is 4.47. The SMILES string of the molecule is NC(=O)NC(=O)CSc1nnc([C@H]2COc3ccccc3O2)o1. The minimum absolute atomic E-state index is 0.0740. The third kappa shape index (κ3) is 3.72. The highest BCUT2D eigenvalue weighted by atomic mass is 32.2. The first-order valence-corrected chi connectivity index (χ1v) is 7.54. The maximum absolute atomic E-state index is 11.3. The number of benzene rings is 1. The first-order valence-electron chi connectivity index (χ1n) is 6.56. The predicted molar refractivity (Wildman–Crippen MR) is 78.1 cm³/mol. The lowest BCUT2D eigenvalue weighted by molar-refractivity contribution is -0.117. The Morgan fingerprint density at radius 3 is 2.87 bits per heavy atom. The van der Waals surface area contributed by atoms with Crippen LogP contribution in [0.3, 0.4) is 0 Å². The Hall–Kier alpha value is -2.75. The van der Waals surface area contributed by atoms with Crippen molar-refractivity contribution >= 4 is 23.7 Å². The molecule has 3 N–H and O–H groups in total. The average molecular weight is 336 g/mol. The Kier molecular flexibility index (Phi) is 4.33. The van der Waals surface area contributed by atoms with Gasteiger partial charge >= 0.3 is 6.03 Å². The molecule has 0 radical (unpaired) electrons. The van der Waals surface area contributed by atoms with Crippen molar-refractivity contribution in [2.24, 2.45) is 5.73 Å². The van der Waals surface area contributed by atoms with E-state index in [1.54, 1.807) is 12.1 Å². The van der Waals surface area contributed by atoms with E-state index in [0.29, 0.717) is 11.5 Å². The number of rotatable bonds is 4. The quantitative estimate of drug-likeness (QED) is 0.787. The van der Waals surface area contributed by atoms with Gasteiger partial charge in [-0.1, -0.05) is 23.9 Å². The lowest BCUT2D eigenvalue weighted by Crippen LogP contribution is -2.36. The van der Waals surface area contributed by atoms with Crippen LogP contribution in [0.15, 0.2) is 33.9 Å². The Morgan fingerprint density at radius 2 is 2.09 bits per heavy atom. The van der Waals surface area contributed by atoms with Crippen LogP contribution in [0, 0.1) is 0 Å². The molecule has 3 rings (SSSR count). The molecule has 120 valence electrons. The molecule has 9 nitrogen and oxygen atoms in total. The maximum Gasteiger partial charge on any atom is 0.318 e. The molecule has 10 heteroatoms. The van der Waals surface area contributed by atoms with E-state index in [1.165, 1.54) is 0 Å². The van der Waals surface area contributed by atoms with Crippen LogP contribution in [-0.2, 0) is 4.79 Å². The summed E-state index contributed by atoms with van der Waals surface area (Å²) in [6.07, 6.45) is -0.522. The third-order valence-corrected chi connectivity index (χ3v) is 3.61. The van der Waals surface area contributed by atoms with Crippen LogP contribution in [0.2, 0.25) is 0 Å². The Labute approximate surface area is 134 Å². The lowest BCUT2D eigenvalue weighted by atomic mass is 10.2. The summed E-state index contributed by atoms with van der Waals surface area (Å²) in [5.41, 5.74) is 4.84. The van der Waals surface area contributed by atoms with Gasteiger partial charge in [0, 0.05) is 0 Å². The predicted octanol–water partition coefficient (Wildman–Crippen LogP) is 0.869. The number of amides is 3. The van der Waals surface area contributed by atoms with Crippen molar-refractivity contribution in [1.29, 1.82) is 0 Å². The van der Waals surface area contributed by atoms with Gasteiger partial charge in [0.2, 0.25) is 12.0 Å². The van der Waals surface area contributed by atoms with Crippen molar-refractivity contribution < 1.29 is 23.5 Å². The van der Waals surface area contributed by atoms with Crippen LogP contribution in [0.1, 0.15) is 12.0 Å². The van der Waals surface area contributed by atoms with Gasteiger partial charge in [-0.05, 0) is 12.1 Å². The molecule has 2 heterocycles. The van der Waals surface area contributed by atoms with Gasteiger partial charge in [-0.3, -0.25) is 10.1 Å². The van der Waals surface area contributed by atoms with Gasteiger partial charge in [-0.2, -0.15) is 0 Å². The smallest absolute Gasteiger partial charge is 0.318 e. The van der Waals surface area contributed by atoms with E-state index >= 15 is 0 Å². The minimum atomic E-state index is -0.909. The standard InChI is InChI=1S/C13H12N4O5S/c14-12(19)15-10(18)6-23-13-17-16-11(22-13)9-5-20-7-3-1-2-4-8(7)21-9/h1-4,9H,5-6H2,(H3,14,15,18,19)/t9-/m1/s1. The van der Waals surface area contributed by atoms with Crippen molar-refractivity contribution in [3.8, 4) is 11.5 Å². The van der Waals surface area contributed by atoms with E-state index in [1.807, 2.05) is 17.4 Å². The summed E-state index contributed by atoms with van der Waals surface area (Å²) in [5.74, 6) is 0.874. The zero-order chi connectivity index (χ0) is 16.2. The number of hydrogen-bond donors (Lipinski definition) is 2. The molecule has 2 aromatic rings. The monoisotopic (exact) mass is 336 g/mol. The summed E-state index contributed by atoms with van der Waals surface area (Å²) in [4.78, 5) is 21.8. The van der Waals surface area contributed by atoms with Gasteiger partial charge in [0.15, 0.2) is 11.5 Å². The molecule has 0 unspecified atom stereocenters. The number of thioether (sulfide) groups is 1. The van der Waals surface area contributed by atoms with Gasteiger partial charge in [-0.15, -0.1) is 10.2 Å². The number of ether oxygens (including phenoxy) is 2. The number of fused-ring (bicyclic) bond motifs is 1. The lowest BCUT2D eigenvalue weighted by Gasteiger charge is -2.23. The van der Waals surface area contributed by atoms with Crippen LogP contribution in [0.25, 0.3) is 0 Å². The number of hydrogen-bond acceptors (Lipinski definition) is 8. The summed E-state index contributed by atoms with van der Waals surface area (Å²) >= 11 is 0.984. The fourth-order valence-corrected chi connectivity index (χ4v) is 2.42. The number of carbonyl (C=O) groups is 2. The average Bonchev–Trinajstić information content (AvgIpc) is 3.01. The van der Waals surface area contributed by atoms with E-state index in [2.05, 4.69) is 10.2 Å². The summed E-state index contributed by atoms with van der Waals surface area (Å²) in [6.45, 7) is 0.242. The van der Waals surface area contributed by atoms with Crippen molar-refractivity contribution in [3.63, 3.8) is 0 Å². The molecule has 1 aromatic carbocycles. The van der Waals surface area contributed by atoms with Crippen molar-refractivity contribution in [3.05, 3.63) is 30.2 Å². The van der Waals surface area contributed by atoms with Crippen molar-refractivity contribution in [2.45, 2.75) is 11.3 Å². The molecular weight excluding hydrogens is 324 g/mol. The summed E-state index contributed by atoms with van der Waals surface area (Å²) in [5, 5.41) is 9.82. The number of primary amides is 1. The number of aromatic nitrogens is 2. The van der Waals surface area contributed by atoms with Crippen molar-refractivity contribution in [1.82, 2.24) is 15.5 Å². The molecule has 23 heavy (non-hydrogen) atoms. The molecular formula is C13H12N4O5S. The normalized spacial score (nSPS) is 15.9. The van der Waals surface area contributed by atoms with Gasteiger partial charge in [-0.25, -0.2) is 4.79 Å². The molecule has 0 saturated carbocycles. The van der Waals surface area contributed by atoms with E-state index < -0.39 is 18.0 Å². The number of nitrogens with two attached hydrogens (primary N) is 1. The molecule has 0 aliphatic carbocycles. The highest BCUT2D eigenvalue weighted by molar-refractivity contribution is 7.99. The van der Waals surface area contributed by atoms with Gasteiger partial charge < -0.3 is 19.6 Å². The number of carbonyl (C=O) groups excluding carboxylic acids is 2. The van der Waals surface area contributed by atoms with Gasteiger partial charge in [0.1, 0.15) is 6.61 Å². The fraction of sp³-hybridized carbons (Fsp3) is 0.231. The highest BCUT2D eigenvalue weighted by Crippen LogP contribution is 2.35. The van der Waals surface area contributed by atoms with Crippen molar-refractivity contribution in [2.75, 3.05) is 12.4 Å². The molecule has 0 bridgehead atoms. The molecule has 1 aromatic heterocycles. The molecule has 0 spiro atoms. The van der Waals surface area contributed by atoms with Gasteiger partial charge in [0.25, 0.3) is 11.1 Å². The minimum Gasteiger partial charge on any atom is -0.485 e. The number of nitrogens with one attached hydrogen (secondary N) is 1. The topological polar surface area (TPSA) is 130 Å². The van der Waals surface area contributed by atoms with Crippen LogP contribution in [0.5, 0.6) is 11.5 Å². The largest absolute Gasteiger partial charge is 0.485 e. The Bertz CT molecular complexity index is 735. The first kappa shape index (κ1) is 15.2. The zero-order valence-corrected chi connectivity index (χ0v) is 12.5. The second-order valence-corrected chi connectivity index (χ2v) is 5.40. The number of urea groups is 1. The molecule has 1 atom stereocenters. The van der Waals surface area contributed by atoms with Crippen LogP contribution in [-0.4, -0.2) is 34.5 Å². The molecule has 1 aliphatic heterocycles. The first-order chi connectivity index (χ1) is 11.1. The van der Waals surface area contributed by atoms with E-state index in [-0.39, 0.29) is 23.5 Å². The highest BCUT2D eigenvalue weighted by Gasteiger charge is 2.27. The van der Waals surface area contributed by atoms with Crippen LogP contribution >= 0.6 is 11.8 Å². The second kappa shape index (κ2) is 6.57. The van der Waals surface area contributed by atoms with Crippen LogP contribution in [0.4, 0.5) is 4.79 Å². The van der Waals surface area contributed by atoms with Gasteiger partial charge in [0.05, 0.1) is 5.75 Å². The van der Waals surface area contributed by atoms with E-state index in [4.69, 9.17) is 19.6 Å². The Balaban J connectivity index is 1.60. The van der Waals surface area contributed by atoms with E-state index in [0.717, 1.165) is 11.8 Å². The summed E-state index contributed by atoms with van der Waals surface area (Å²) in [7, 11) is 0. The fourth-order valence-electron chi connectivity index (χ4n) is 1.85. The summed E-state index contributed by atoms with van der Waals surface area (Å²) < 4.78 is 16.7. The maximum atomic E-state index is 11.3. The number of para-hydroxylation sites is 2. The van der Waals surface area contributed by atoms with Crippen LogP contribution < -0.4 is 20.5 Å². The van der Waals surface area contributed by atoms with E-state index in [9.17, 15) is 9.59 Å². The Morgan fingerprint density at radius 1 is 1.30 bits per heavy atom. The molecule has 0 fully saturated rings. The molecule has 0 saturated heterocycles. The third-order valence-electron chi connectivity index (χ3n) is 2.80. The summed E-state index contributed by atoms with van der Waals surface area (Å²) in [6, 6.07) is 6.35. The molecule has 3 amide bonds. The molecule has 1 aliphatic rings.